The van der Waals surface area contributed by atoms with Crippen molar-refractivity contribution in [1.82, 2.24) is 0 Å². The number of carbonyl (C=O) groups excluding carboxylic acids is 1. The van der Waals surface area contributed by atoms with Crippen LogP contribution in [-0.4, -0.2) is 11.6 Å². The van der Waals surface area contributed by atoms with E-state index in [4.69, 9.17) is 4.74 Å². The highest BCUT2D eigenvalue weighted by Gasteiger charge is 2.18. The van der Waals surface area contributed by atoms with E-state index in [0.717, 1.165) is 12.8 Å². The number of esters is 1. The highest BCUT2D eigenvalue weighted by Crippen LogP contribution is 2.15. The summed E-state index contributed by atoms with van der Waals surface area (Å²) in [6.07, 6.45) is 1.97. The lowest BCUT2D eigenvalue weighted by Crippen LogP contribution is -2.26. The van der Waals surface area contributed by atoms with Gasteiger partial charge in [0.15, 0.2) is 0 Å². The maximum atomic E-state index is 10.5. The molecule has 0 unspecified atom stereocenters. The van der Waals surface area contributed by atoms with E-state index in [1.807, 2.05) is 13.8 Å². The zero-order valence-electron chi connectivity index (χ0n) is 7.23. The Balaban J connectivity index is 3.74. The highest BCUT2D eigenvalue weighted by molar-refractivity contribution is 5.66. The van der Waals surface area contributed by atoms with Gasteiger partial charge in [0.2, 0.25) is 0 Å². The van der Waals surface area contributed by atoms with Crippen molar-refractivity contribution in [2.24, 2.45) is 0 Å². The summed E-state index contributed by atoms with van der Waals surface area (Å²) < 4.78 is 5.04. The van der Waals surface area contributed by atoms with Crippen LogP contribution in [0.4, 0.5) is 0 Å². The fourth-order valence-electron chi connectivity index (χ4n) is 1.04. The molecular formula is C8H16O2. The first-order chi connectivity index (χ1) is 4.48. The van der Waals surface area contributed by atoms with E-state index in [1.165, 1.54) is 6.92 Å². The summed E-state index contributed by atoms with van der Waals surface area (Å²) in [6.45, 7) is 7.37. The quantitative estimate of drug-likeness (QED) is 0.567. The lowest BCUT2D eigenvalue weighted by atomic mass is 10.0. The SMILES string of the molecule is CCCC(C)(C)OC(C)=O. The Labute approximate surface area is 62.6 Å². The smallest absolute Gasteiger partial charge is 0.303 e. The Bertz CT molecular complexity index is 116. The molecule has 0 atom stereocenters. The summed E-state index contributed by atoms with van der Waals surface area (Å²) in [6, 6.07) is 0. The molecule has 0 fully saturated rings. The van der Waals surface area contributed by atoms with E-state index in [0.29, 0.717) is 0 Å². The average molecular weight is 144 g/mol. The second-order valence-corrected chi connectivity index (χ2v) is 3.10. The van der Waals surface area contributed by atoms with Crippen molar-refractivity contribution in [1.29, 1.82) is 0 Å². The molecule has 0 amide bonds. The minimum atomic E-state index is -0.277. The fraction of sp³-hybridized carbons (Fsp3) is 0.875. The van der Waals surface area contributed by atoms with Crippen LogP contribution in [0.15, 0.2) is 0 Å². The molecule has 0 heterocycles. The third kappa shape index (κ3) is 4.36. The first-order valence-corrected chi connectivity index (χ1v) is 3.67. The molecule has 0 saturated carbocycles. The standard InChI is InChI=1S/C8H16O2/c1-5-6-8(3,4)10-7(2)9/h5-6H2,1-4H3. The molecule has 0 N–H and O–H groups in total. The number of hydrogen-bond acceptors (Lipinski definition) is 2. The topological polar surface area (TPSA) is 26.3 Å². The third-order valence-corrected chi connectivity index (χ3v) is 1.27. The number of carbonyl (C=O) groups is 1. The molecule has 2 heteroatoms. The van der Waals surface area contributed by atoms with Gasteiger partial charge in [-0.05, 0) is 20.3 Å². The van der Waals surface area contributed by atoms with Gasteiger partial charge in [-0.2, -0.15) is 0 Å². The third-order valence-electron chi connectivity index (χ3n) is 1.27. The van der Waals surface area contributed by atoms with Crippen LogP contribution in [0.3, 0.4) is 0 Å². The van der Waals surface area contributed by atoms with Gasteiger partial charge in [-0.3, -0.25) is 4.79 Å². The van der Waals surface area contributed by atoms with Gasteiger partial charge in [0.25, 0.3) is 0 Å². The molecule has 0 aromatic carbocycles. The van der Waals surface area contributed by atoms with Crippen LogP contribution < -0.4 is 0 Å². The lowest BCUT2D eigenvalue weighted by molar-refractivity contribution is -0.154. The fourth-order valence-corrected chi connectivity index (χ4v) is 1.04. The molecule has 0 aromatic heterocycles. The minimum absolute atomic E-state index is 0.196. The summed E-state index contributed by atoms with van der Waals surface area (Å²) in [4.78, 5) is 10.5. The van der Waals surface area contributed by atoms with Crippen molar-refractivity contribution in [2.75, 3.05) is 0 Å². The summed E-state index contributed by atoms with van der Waals surface area (Å²) in [5, 5.41) is 0. The van der Waals surface area contributed by atoms with Gasteiger partial charge in [-0.25, -0.2) is 0 Å². The number of rotatable bonds is 3. The zero-order valence-corrected chi connectivity index (χ0v) is 7.23. The Morgan fingerprint density at radius 2 is 2.00 bits per heavy atom. The van der Waals surface area contributed by atoms with Crippen LogP contribution in [0.1, 0.15) is 40.5 Å². The van der Waals surface area contributed by atoms with Crippen molar-refractivity contribution >= 4 is 5.97 Å². The van der Waals surface area contributed by atoms with E-state index in [9.17, 15) is 4.79 Å². The second kappa shape index (κ2) is 3.59. The van der Waals surface area contributed by atoms with E-state index in [1.54, 1.807) is 0 Å². The largest absolute Gasteiger partial charge is 0.460 e. The lowest BCUT2D eigenvalue weighted by Gasteiger charge is -2.23. The van der Waals surface area contributed by atoms with Crippen LogP contribution in [0.2, 0.25) is 0 Å². The van der Waals surface area contributed by atoms with Gasteiger partial charge in [0.1, 0.15) is 5.60 Å². The van der Waals surface area contributed by atoms with Crippen molar-refractivity contribution in [3.05, 3.63) is 0 Å². The summed E-state index contributed by atoms with van der Waals surface area (Å²) in [7, 11) is 0. The van der Waals surface area contributed by atoms with Gasteiger partial charge in [-0.1, -0.05) is 13.3 Å². The summed E-state index contributed by atoms with van der Waals surface area (Å²) >= 11 is 0. The Hall–Kier alpha value is -0.530. The van der Waals surface area contributed by atoms with Gasteiger partial charge in [0, 0.05) is 6.92 Å². The molecule has 0 aliphatic rings. The highest BCUT2D eigenvalue weighted by atomic mass is 16.6. The Morgan fingerprint density at radius 3 is 2.30 bits per heavy atom. The molecule has 2 nitrogen and oxygen atoms in total. The first-order valence-electron chi connectivity index (χ1n) is 3.67. The van der Waals surface area contributed by atoms with E-state index < -0.39 is 0 Å². The maximum Gasteiger partial charge on any atom is 0.303 e. The van der Waals surface area contributed by atoms with Gasteiger partial charge >= 0.3 is 5.97 Å². The molecule has 0 radical (unpaired) electrons. The zero-order chi connectivity index (χ0) is 8.20. The molecule has 10 heavy (non-hydrogen) atoms. The van der Waals surface area contributed by atoms with Gasteiger partial charge in [0.05, 0.1) is 0 Å². The van der Waals surface area contributed by atoms with E-state index in [2.05, 4.69) is 6.92 Å². The molecule has 0 aromatic rings. The molecule has 60 valence electrons. The molecule has 0 bridgehead atoms. The normalized spacial score (nSPS) is 11.2. The molecule has 0 aliphatic carbocycles. The predicted molar refractivity (Wildman–Crippen MR) is 40.8 cm³/mol. The van der Waals surface area contributed by atoms with Gasteiger partial charge < -0.3 is 4.74 Å². The monoisotopic (exact) mass is 144 g/mol. The van der Waals surface area contributed by atoms with E-state index >= 15 is 0 Å². The van der Waals surface area contributed by atoms with Crippen LogP contribution in [0, 0.1) is 0 Å². The van der Waals surface area contributed by atoms with Crippen LogP contribution in [0.5, 0.6) is 0 Å². The number of ether oxygens (including phenoxy) is 1. The van der Waals surface area contributed by atoms with Crippen LogP contribution in [0.25, 0.3) is 0 Å². The van der Waals surface area contributed by atoms with Crippen molar-refractivity contribution in [3.8, 4) is 0 Å². The van der Waals surface area contributed by atoms with Crippen molar-refractivity contribution in [2.45, 2.75) is 46.1 Å². The average Bonchev–Trinajstić information content (AvgIpc) is 1.59. The van der Waals surface area contributed by atoms with E-state index in [-0.39, 0.29) is 11.6 Å². The Morgan fingerprint density at radius 1 is 1.50 bits per heavy atom. The first kappa shape index (κ1) is 9.47. The Kier molecular flexibility index (Phi) is 3.40. The van der Waals surface area contributed by atoms with Crippen LogP contribution >= 0.6 is 0 Å². The second-order valence-electron chi connectivity index (χ2n) is 3.10. The van der Waals surface area contributed by atoms with Crippen LogP contribution in [-0.2, 0) is 9.53 Å². The molecule has 0 saturated heterocycles. The van der Waals surface area contributed by atoms with Crippen molar-refractivity contribution in [3.63, 3.8) is 0 Å². The molecular weight excluding hydrogens is 128 g/mol. The summed E-state index contributed by atoms with van der Waals surface area (Å²) in [5.74, 6) is -0.196. The maximum absolute atomic E-state index is 10.5. The minimum Gasteiger partial charge on any atom is -0.460 e. The van der Waals surface area contributed by atoms with Crippen molar-refractivity contribution < 1.29 is 9.53 Å². The molecule has 0 aliphatic heterocycles. The summed E-state index contributed by atoms with van der Waals surface area (Å²) in [5.41, 5.74) is -0.277. The number of hydrogen-bond donors (Lipinski definition) is 0. The molecule has 0 rings (SSSR count). The van der Waals surface area contributed by atoms with Gasteiger partial charge in [-0.15, -0.1) is 0 Å². The predicted octanol–water partition coefficient (Wildman–Crippen LogP) is 2.13. The molecule has 0 spiro atoms.